The molecule has 23 heavy (non-hydrogen) atoms. The van der Waals surface area contributed by atoms with Crippen molar-refractivity contribution in [1.29, 1.82) is 0 Å². The summed E-state index contributed by atoms with van der Waals surface area (Å²) >= 11 is 0. The summed E-state index contributed by atoms with van der Waals surface area (Å²) in [7, 11) is 0. The van der Waals surface area contributed by atoms with Crippen molar-refractivity contribution in [2.45, 2.75) is 19.9 Å². The molecule has 0 saturated carbocycles. The van der Waals surface area contributed by atoms with E-state index in [0.29, 0.717) is 12.2 Å². The number of carbonyl (C=O) groups is 2. The van der Waals surface area contributed by atoms with E-state index in [4.69, 9.17) is 5.11 Å². The van der Waals surface area contributed by atoms with Gasteiger partial charge in [0.2, 0.25) is 5.91 Å². The van der Waals surface area contributed by atoms with Crippen LogP contribution in [-0.2, 0) is 16.1 Å². The van der Waals surface area contributed by atoms with Gasteiger partial charge in [-0.3, -0.25) is 14.0 Å². The van der Waals surface area contributed by atoms with Gasteiger partial charge in [-0.1, -0.05) is 13.0 Å². The summed E-state index contributed by atoms with van der Waals surface area (Å²) in [5.74, 6) is -1.60. The fourth-order valence-electron chi connectivity index (χ4n) is 2.97. The molecule has 2 atom stereocenters. The molecule has 3 heterocycles. The first-order chi connectivity index (χ1) is 11.0. The van der Waals surface area contributed by atoms with Crippen LogP contribution >= 0.6 is 0 Å². The molecule has 1 amide bonds. The highest BCUT2D eigenvalue weighted by Crippen LogP contribution is 2.23. The molecule has 1 saturated heterocycles. The highest BCUT2D eigenvalue weighted by Gasteiger charge is 2.36. The Labute approximate surface area is 131 Å². The third-order valence-electron chi connectivity index (χ3n) is 4.31. The van der Waals surface area contributed by atoms with E-state index in [0.717, 1.165) is 0 Å². The Morgan fingerprint density at radius 1 is 1.35 bits per heavy atom. The predicted molar refractivity (Wildman–Crippen MR) is 80.9 cm³/mol. The molecule has 1 aliphatic rings. The number of hydrogen-bond donors (Lipinski definition) is 1. The number of aromatic nitrogens is 3. The van der Waals surface area contributed by atoms with Crippen molar-refractivity contribution in [3.05, 3.63) is 34.9 Å². The Morgan fingerprint density at radius 2 is 2.13 bits per heavy atom. The van der Waals surface area contributed by atoms with Gasteiger partial charge in [0, 0.05) is 25.7 Å². The largest absolute Gasteiger partial charge is 0.481 e. The maximum atomic E-state index is 12.2. The molecule has 2 aromatic heterocycles. The van der Waals surface area contributed by atoms with Gasteiger partial charge in [0.15, 0.2) is 5.65 Å². The van der Waals surface area contributed by atoms with E-state index in [2.05, 4.69) is 5.10 Å². The molecule has 8 nitrogen and oxygen atoms in total. The number of aryl methyl sites for hydroxylation is 1. The maximum absolute atomic E-state index is 12.2. The standard InChI is InChI=1S/C15H18N4O4/c1-10-8-17(9-11(10)14(21)22)13(20)5-7-19-15(23)18-6-3-2-4-12(18)16-19/h2-4,6,10-11H,5,7-9H2,1H3,(H,21,22)/t10-,11-/m1/s1. The van der Waals surface area contributed by atoms with Gasteiger partial charge in [-0.15, -0.1) is 5.10 Å². The number of carbonyl (C=O) groups excluding carboxylic acids is 1. The number of hydrogen-bond acceptors (Lipinski definition) is 4. The zero-order valence-corrected chi connectivity index (χ0v) is 12.8. The van der Waals surface area contributed by atoms with Crippen LogP contribution < -0.4 is 5.69 Å². The Balaban J connectivity index is 1.66. The molecule has 8 heteroatoms. The van der Waals surface area contributed by atoms with Crippen LogP contribution in [0.3, 0.4) is 0 Å². The van der Waals surface area contributed by atoms with Crippen molar-refractivity contribution in [1.82, 2.24) is 19.1 Å². The normalized spacial score (nSPS) is 21.0. The number of rotatable bonds is 4. The molecule has 0 bridgehead atoms. The Kier molecular flexibility index (Phi) is 3.89. The van der Waals surface area contributed by atoms with E-state index in [-0.39, 0.29) is 37.0 Å². The lowest BCUT2D eigenvalue weighted by Gasteiger charge is -2.15. The molecule has 1 aliphatic heterocycles. The predicted octanol–water partition coefficient (Wildman–Crippen LogP) is 0.0652. The summed E-state index contributed by atoms with van der Waals surface area (Å²) in [6, 6.07) is 5.25. The van der Waals surface area contributed by atoms with E-state index >= 15 is 0 Å². The summed E-state index contributed by atoms with van der Waals surface area (Å²) in [5, 5.41) is 13.3. The first-order valence-corrected chi connectivity index (χ1v) is 7.52. The van der Waals surface area contributed by atoms with Crippen LogP contribution in [0.5, 0.6) is 0 Å². The zero-order chi connectivity index (χ0) is 16.6. The molecule has 0 aliphatic carbocycles. The number of carboxylic acids is 1. The summed E-state index contributed by atoms with van der Waals surface area (Å²) in [6.45, 7) is 2.69. The third-order valence-corrected chi connectivity index (χ3v) is 4.31. The van der Waals surface area contributed by atoms with Gasteiger partial charge in [0.1, 0.15) is 0 Å². The number of pyridine rings is 1. The molecule has 1 fully saturated rings. The fraction of sp³-hybridized carbons (Fsp3) is 0.467. The van der Waals surface area contributed by atoms with Crippen LogP contribution in [0.2, 0.25) is 0 Å². The number of likely N-dealkylation sites (tertiary alicyclic amines) is 1. The van der Waals surface area contributed by atoms with Crippen molar-refractivity contribution < 1.29 is 14.7 Å². The summed E-state index contributed by atoms with van der Waals surface area (Å²) in [5.41, 5.74) is 0.247. The molecule has 0 radical (unpaired) electrons. The van der Waals surface area contributed by atoms with Crippen molar-refractivity contribution in [2.24, 2.45) is 11.8 Å². The molecule has 2 aromatic rings. The number of carboxylic acid groups (broad SMARTS) is 1. The lowest BCUT2D eigenvalue weighted by atomic mass is 9.99. The number of amides is 1. The third kappa shape index (κ3) is 2.84. The first kappa shape index (κ1) is 15.3. The van der Waals surface area contributed by atoms with E-state index in [1.807, 2.05) is 6.92 Å². The highest BCUT2D eigenvalue weighted by molar-refractivity contribution is 5.78. The van der Waals surface area contributed by atoms with Gasteiger partial charge >= 0.3 is 11.7 Å². The summed E-state index contributed by atoms with van der Waals surface area (Å²) in [6.07, 6.45) is 1.76. The molecule has 0 spiro atoms. The number of nitrogens with zero attached hydrogens (tertiary/aromatic N) is 4. The molecule has 3 rings (SSSR count). The lowest BCUT2D eigenvalue weighted by molar-refractivity contribution is -0.142. The molecular weight excluding hydrogens is 300 g/mol. The van der Waals surface area contributed by atoms with Crippen LogP contribution in [0.15, 0.2) is 29.2 Å². The Hall–Kier alpha value is -2.64. The minimum atomic E-state index is -0.871. The molecular formula is C15H18N4O4. The van der Waals surface area contributed by atoms with Crippen molar-refractivity contribution in [2.75, 3.05) is 13.1 Å². The van der Waals surface area contributed by atoms with E-state index in [9.17, 15) is 14.4 Å². The summed E-state index contributed by atoms with van der Waals surface area (Å²) < 4.78 is 2.68. The van der Waals surface area contributed by atoms with E-state index in [1.54, 1.807) is 29.3 Å². The van der Waals surface area contributed by atoms with Crippen molar-refractivity contribution >= 4 is 17.5 Å². The quantitative estimate of drug-likeness (QED) is 0.860. The van der Waals surface area contributed by atoms with Gasteiger partial charge in [0.05, 0.1) is 12.5 Å². The second kappa shape index (κ2) is 5.86. The van der Waals surface area contributed by atoms with Gasteiger partial charge < -0.3 is 10.0 Å². The monoisotopic (exact) mass is 318 g/mol. The lowest BCUT2D eigenvalue weighted by Crippen LogP contribution is -2.32. The zero-order valence-electron chi connectivity index (χ0n) is 12.8. The van der Waals surface area contributed by atoms with E-state index in [1.165, 1.54) is 9.08 Å². The van der Waals surface area contributed by atoms with Crippen LogP contribution in [-0.4, -0.2) is 49.2 Å². The number of fused-ring (bicyclic) bond motifs is 1. The second-order valence-electron chi connectivity index (χ2n) is 5.91. The van der Waals surface area contributed by atoms with Gasteiger partial charge in [-0.25, -0.2) is 9.48 Å². The van der Waals surface area contributed by atoms with Gasteiger partial charge in [-0.2, -0.15) is 0 Å². The SMILES string of the molecule is C[C@@H]1CN(C(=O)CCn2nc3ccccn3c2=O)C[C@H]1C(=O)O. The fourth-order valence-corrected chi connectivity index (χ4v) is 2.97. The average Bonchev–Trinajstić information content (AvgIpc) is 3.06. The molecule has 1 N–H and O–H groups in total. The first-order valence-electron chi connectivity index (χ1n) is 7.52. The van der Waals surface area contributed by atoms with Gasteiger partial charge in [0.25, 0.3) is 0 Å². The topological polar surface area (TPSA) is 96.9 Å². The van der Waals surface area contributed by atoms with Gasteiger partial charge in [-0.05, 0) is 18.1 Å². The van der Waals surface area contributed by atoms with E-state index < -0.39 is 11.9 Å². The minimum absolute atomic E-state index is 0.0608. The van der Waals surface area contributed by atoms with Crippen LogP contribution in [0.4, 0.5) is 0 Å². The maximum Gasteiger partial charge on any atom is 0.350 e. The van der Waals surface area contributed by atoms with Crippen LogP contribution in [0.25, 0.3) is 5.65 Å². The molecule has 0 aromatic carbocycles. The van der Waals surface area contributed by atoms with Crippen LogP contribution in [0, 0.1) is 11.8 Å². The van der Waals surface area contributed by atoms with Crippen LogP contribution in [0.1, 0.15) is 13.3 Å². The second-order valence-corrected chi connectivity index (χ2v) is 5.91. The minimum Gasteiger partial charge on any atom is -0.481 e. The highest BCUT2D eigenvalue weighted by atomic mass is 16.4. The Bertz CT molecular complexity index is 809. The Morgan fingerprint density at radius 3 is 2.78 bits per heavy atom. The van der Waals surface area contributed by atoms with Crippen molar-refractivity contribution in [3.8, 4) is 0 Å². The average molecular weight is 318 g/mol. The van der Waals surface area contributed by atoms with Crippen molar-refractivity contribution in [3.63, 3.8) is 0 Å². The summed E-state index contributed by atoms with van der Waals surface area (Å²) in [4.78, 5) is 37.0. The molecule has 0 unspecified atom stereocenters. The smallest absolute Gasteiger partial charge is 0.350 e. The number of aliphatic carboxylic acids is 1. The molecule has 122 valence electrons.